The third-order valence-corrected chi connectivity index (χ3v) is 4.06. The summed E-state index contributed by atoms with van der Waals surface area (Å²) in [6.07, 6.45) is 0.0755. The lowest BCUT2D eigenvalue weighted by molar-refractivity contribution is -0.120. The second-order valence-electron chi connectivity index (χ2n) is 7.06. The van der Waals surface area contributed by atoms with E-state index in [0.29, 0.717) is 11.6 Å². The monoisotopic (exact) mass is 368 g/mol. The van der Waals surface area contributed by atoms with Gasteiger partial charge in [-0.25, -0.2) is 0 Å². The van der Waals surface area contributed by atoms with Crippen LogP contribution in [0, 0.1) is 0 Å². The van der Waals surface area contributed by atoms with Crippen molar-refractivity contribution in [2.75, 3.05) is 16.8 Å². The number of amides is 2. The largest absolute Gasteiger partial charge is 0.491 e. The van der Waals surface area contributed by atoms with Gasteiger partial charge in [-0.05, 0) is 55.7 Å². The molecule has 0 spiro atoms. The molecular formula is C22H28N2O3. The average molecular weight is 368 g/mol. The molecule has 2 rings (SSSR count). The number of nitrogens with zero attached hydrogens (tertiary/aromatic N) is 1. The van der Waals surface area contributed by atoms with Crippen LogP contribution in [0.25, 0.3) is 0 Å². The highest BCUT2D eigenvalue weighted by Gasteiger charge is 2.17. The molecule has 2 amide bonds. The van der Waals surface area contributed by atoms with E-state index < -0.39 is 0 Å². The third kappa shape index (κ3) is 5.84. The van der Waals surface area contributed by atoms with Crippen LogP contribution in [-0.4, -0.2) is 24.5 Å². The average Bonchev–Trinajstić information content (AvgIpc) is 2.60. The zero-order valence-electron chi connectivity index (χ0n) is 16.7. The molecule has 0 fully saturated rings. The summed E-state index contributed by atoms with van der Waals surface area (Å²) in [5, 5.41) is 2.93. The van der Waals surface area contributed by atoms with Gasteiger partial charge < -0.3 is 15.0 Å². The fourth-order valence-corrected chi connectivity index (χ4v) is 2.81. The first-order valence-electron chi connectivity index (χ1n) is 9.21. The van der Waals surface area contributed by atoms with Crippen LogP contribution in [0.4, 0.5) is 11.4 Å². The molecule has 0 unspecified atom stereocenters. The van der Waals surface area contributed by atoms with Gasteiger partial charge in [-0.15, -0.1) is 0 Å². The Morgan fingerprint density at radius 2 is 1.63 bits per heavy atom. The number of para-hydroxylation sites is 1. The molecule has 0 aliphatic rings. The summed E-state index contributed by atoms with van der Waals surface area (Å²) in [6, 6.07) is 14.9. The third-order valence-electron chi connectivity index (χ3n) is 4.06. The van der Waals surface area contributed by atoms with Gasteiger partial charge in [0.05, 0.1) is 6.10 Å². The summed E-state index contributed by atoms with van der Waals surface area (Å²) >= 11 is 0. The van der Waals surface area contributed by atoms with Crippen LogP contribution in [0.2, 0.25) is 0 Å². The molecule has 5 nitrogen and oxygen atoms in total. The SMILES string of the molecule is CC(=O)N(CC(=O)Nc1ccccc1C(C)C)c1ccc(OC(C)C)cc1. The lowest BCUT2D eigenvalue weighted by Crippen LogP contribution is -2.36. The van der Waals surface area contributed by atoms with E-state index in [1.807, 2.05) is 38.1 Å². The van der Waals surface area contributed by atoms with E-state index in [-0.39, 0.29) is 24.5 Å². The van der Waals surface area contributed by atoms with Crippen LogP contribution >= 0.6 is 0 Å². The highest BCUT2D eigenvalue weighted by Crippen LogP contribution is 2.24. The smallest absolute Gasteiger partial charge is 0.244 e. The Hall–Kier alpha value is -2.82. The van der Waals surface area contributed by atoms with E-state index in [9.17, 15) is 9.59 Å². The molecule has 27 heavy (non-hydrogen) atoms. The molecule has 1 N–H and O–H groups in total. The number of hydrogen-bond donors (Lipinski definition) is 1. The summed E-state index contributed by atoms with van der Waals surface area (Å²) in [5.41, 5.74) is 2.50. The van der Waals surface area contributed by atoms with Crippen molar-refractivity contribution in [2.45, 2.75) is 46.6 Å². The van der Waals surface area contributed by atoms with E-state index in [4.69, 9.17) is 4.74 Å². The van der Waals surface area contributed by atoms with Crippen molar-refractivity contribution in [3.8, 4) is 5.75 Å². The van der Waals surface area contributed by atoms with Gasteiger partial charge in [0.1, 0.15) is 12.3 Å². The predicted octanol–water partition coefficient (Wildman–Crippen LogP) is 4.59. The Balaban J connectivity index is 2.12. The first-order valence-corrected chi connectivity index (χ1v) is 9.21. The van der Waals surface area contributed by atoms with Crippen molar-refractivity contribution in [1.29, 1.82) is 0 Å². The van der Waals surface area contributed by atoms with Gasteiger partial charge in [0.2, 0.25) is 11.8 Å². The Morgan fingerprint density at radius 1 is 1.00 bits per heavy atom. The van der Waals surface area contributed by atoms with Crippen LogP contribution in [0.15, 0.2) is 48.5 Å². The molecular weight excluding hydrogens is 340 g/mol. The molecule has 0 saturated carbocycles. The number of hydrogen-bond acceptors (Lipinski definition) is 3. The van der Waals surface area contributed by atoms with Crippen LogP contribution in [0.3, 0.4) is 0 Å². The Morgan fingerprint density at radius 3 is 2.19 bits per heavy atom. The normalized spacial score (nSPS) is 10.8. The summed E-state index contributed by atoms with van der Waals surface area (Å²) in [5.74, 6) is 0.590. The number of anilines is 2. The van der Waals surface area contributed by atoms with Crippen molar-refractivity contribution >= 4 is 23.2 Å². The first-order chi connectivity index (χ1) is 12.8. The minimum atomic E-state index is -0.235. The van der Waals surface area contributed by atoms with Crippen LogP contribution in [0.5, 0.6) is 5.75 Å². The fourth-order valence-electron chi connectivity index (χ4n) is 2.81. The molecule has 0 saturated heterocycles. The summed E-state index contributed by atoms with van der Waals surface area (Å²) in [4.78, 5) is 26.1. The van der Waals surface area contributed by atoms with E-state index in [2.05, 4.69) is 19.2 Å². The molecule has 0 aliphatic carbocycles. The lowest BCUT2D eigenvalue weighted by atomic mass is 10.0. The molecule has 0 heterocycles. The molecule has 0 aromatic heterocycles. The highest BCUT2D eigenvalue weighted by molar-refractivity contribution is 6.02. The maximum Gasteiger partial charge on any atom is 0.244 e. The minimum Gasteiger partial charge on any atom is -0.491 e. The van der Waals surface area contributed by atoms with E-state index in [1.54, 1.807) is 24.3 Å². The molecule has 2 aromatic rings. The number of carbonyl (C=O) groups is 2. The summed E-state index contributed by atoms with van der Waals surface area (Å²) in [7, 11) is 0. The molecule has 0 radical (unpaired) electrons. The highest BCUT2D eigenvalue weighted by atomic mass is 16.5. The standard InChI is InChI=1S/C22H28N2O3/c1-15(2)20-8-6-7-9-21(20)23-22(26)14-24(17(5)25)18-10-12-19(13-11-18)27-16(3)4/h6-13,15-16H,14H2,1-5H3,(H,23,26). The Labute approximate surface area is 161 Å². The van der Waals surface area contributed by atoms with Gasteiger partial charge in [-0.2, -0.15) is 0 Å². The van der Waals surface area contributed by atoms with E-state index in [1.165, 1.54) is 11.8 Å². The quantitative estimate of drug-likeness (QED) is 0.778. The van der Waals surface area contributed by atoms with Gasteiger partial charge >= 0.3 is 0 Å². The molecule has 0 bridgehead atoms. The van der Waals surface area contributed by atoms with Crippen LogP contribution < -0.4 is 15.0 Å². The minimum absolute atomic E-state index is 0.0495. The number of rotatable bonds is 7. The van der Waals surface area contributed by atoms with Gasteiger partial charge in [0.25, 0.3) is 0 Å². The van der Waals surface area contributed by atoms with Crippen molar-refractivity contribution < 1.29 is 14.3 Å². The Kier molecular flexibility index (Phi) is 6.99. The van der Waals surface area contributed by atoms with E-state index in [0.717, 1.165) is 17.0 Å². The van der Waals surface area contributed by atoms with Gasteiger partial charge in [-0.1, -0.05) is 32.0 Å². The first kappa shape index (κ1) is 20.5. The summed E-state index contributed by atoms with van der Waals surface area (Å²) < 4.78 is 5.62. The Bertz CT molecular complexity index is 782. The van der Waals surface area contributed by atoms with Crippen molar-refractivity contribution in [1.82, 2.24) is 0 Å². The molecule has 5 heteroatoms. The van der Waals surface area contributed by atoms with Crippen molar-refractivity contribution in [3.63, 3.8) is 0 Å². The maximum absolute atomic E-state index is 12.6. The molecule has 0 atom stereocenters. The zero-order valence-corrected chi connectivity index (χ0v) is 16.7. The fraction of sp³-hybridized carbons (Fsp3) is 0.364. The summed E-state index contributed by atoms with van der Waals surface area (Å²) in [6.45, 7) is 9.46. The molecule has 2 aromatic carbocycles. The topological polar surface area (TPSA) is 58.6 Å². The molecule has 144 valence electrons. The number of carbonyl (C=O) groups excluding carboxylic acids is 2. The van der Waals surface area contributed by atoms with Gasteiger partial charge in [-0.3, -0.25) is 9.59 Å². The second kappa shape index (κ2) is 9.21. The number of ether oxygens (including phenoxy) is 1. The number of benzene rings is 2. The van der Waals surface area contributed by atoms with Crippen LogP contribution in [0.1, 0.15) is 46.1 Å². The van der Waals surface area contributed by atoms with Gasteiger partial charge in [0, 0.05) is 18.3 Å². The number of nitrogens with one attached hydrogen (secondary N) is 1. The zero-order chi connectivity index (χ0) is 20.0. The predicted molar refractivity (Wildman–Crippen MR) is 109 cm³/mol. The lowest BCUT2D eigenvalue weighted by Gasteiger charge is -2.22. The van der Waals surface area contributed by atoms with Crippen molar-refractivity contribution in [2.24, 2.45) is 0 Å². The van der Waals surface area contributed by atoms with E-state index >= 15 is 0 Å². The van der Waals surface area contributed by atoms with Crippen molar-refractivity contribution in [3.05, 3.63) is 54.1 Å². The second-order valence-corrected chi connectivity index (χ2v) is 7.06. The van der Waals surface area contributed by atoms with Crippen LogP contribution in [-0.2, 0) is 9.59 Å². The van der Waals surface area contributed by atoms with Gasteiger partial charge in [0.15, 0.2) is 0 Å². The molecule has 0 aliphatic heterocycles. The maximum atomic E-state index is 12.6.